The Hall–Kier alpha value is -1.69. The molecule has 1 aliphatic carbocycles. The lowest BCUT2D eigenvalue weighted by atomic mass is 9.89. The molecule has 1 fully saturated rings. The molecule has 0 radical (unpaired) electrons. The van der Waals surface area contributed by atoms with Crippen LogP contribution in [-0.4, -0.2) is 44.7 Å². The molecule has 1 saturated carbocycles. The number of carboxylic acids is 1. The molecule has 1 aliphatic rings. The van der Waals surface area contributed by atoms with Crippen LogP contribution in [0.2, 0.25) is 0 Å². The summed E-state index contributed by atoms with van der Waals surface area (Å²) in [6, 6.07) is 0. The molecule has 5 nitrogen and oxygen atoms in total. The highest BCUT2D eigenvalue weighted by atomic mass is 16.4. The maximum atomic E-state index is 10.4. The molecule has 1 rings (SSSR count). The normalized spacial score (nSPS) is 27.6. The highest BCUT2D eigenvalue weighted by Crippen LogP contribution is 2.36. The lowest BCUT2D eigenvalue weighted by Gasteiger charge is -2.19. The van der Waals surface area contributed by atoms with Crippen molar-refractivity contribution in [2.45, 2.75) is 70.2 Å². The topological polar surface area (TPSA) is 98.0 Å². The fraction of sp³-hybridized carbons (Fsp3) is 0.591. The van der Waals surface area contributed by atoms with Gasteiger partial charge in [0.05, 0.1) is 18.3 Å². The van der Waals surface area contributed by atoms with Crippen molar-refractivity contribution in [3.63, 3.8) is 0 Å². The monoisotopic (exact) mass is 378 g/mol. The first-order chi connectivity index (χ1) is 13.0. The van der Waals surface area contributed by atoms with Crippen molar-refractivity contribution in [2.75, 3.05) is 0 Å². The molecule has 0 amide bonds. The maximum Gasteiger partial charge on any atom is 0.303 e. The van der Waals surface area contributed by atoms with E-state index in [1.54, 1.807) is 6.08 Å². The number of hydrogen-bond donors (Lipinski definition) is 4. The Morgan fingerprint density at radius 1 is 1.07 bits per heavy atom. The van der Waals surface area contributed by atoms with Crippen LogP contribution in [-0.2, 0) is 4.79 Å². The molecule has 0 bridgehead atoms. The second-order valence-electron chi connectivity index (χ2n) is 7.03. The van der Waals surface area contributed by atoms with Crippen molar-refractivity contribution in [1.29, 1.82) is 0 Å². The van der Waals surface area contributed by atoms with Crippen LogP contribution in [0.3, 0.4) is 0 Å². The Morgan fingerprint density at radius 3 is 2.52 bits per heavy atom. The molecule has 5 atom stereocenters. The second kappa shape index (κ2) is 13.5. The molecule has 0 spiro atoms. The van der Waals surface area contributed by atoms with Crippen LogP contribution in [0.25, 0.3) is 0 Å². The summed E-state index contributed by atoms with van der Waals surface area (Å²) in [5, 5.41) is 38.9. The van der Waals surface area contributed by atoms with Gasteiger partial charge >= 0.3 is 5.97 Å². The SMILES string of the molecule is CC/C=C\C[C@H]1[C@H](/C=C/[C@H](O)C/C=C\C/C=C\CCC(=O)O)[C@H](O)C[C@@H]1O. The van der Waals surface area contributed by atoms with Gasteiger partial charge in [0.2, 0.25) is 0 Å². The summed E-state index contributed by atoms with van der Waals surface area (Å²) >= 11 is 0. The summed E-state index contributed by atoms with van der Waals surface area (Å²) in [4.78, 5) is 10.4. The number of hydrogen-bond acceptors (Lipinski definition) is 4. The van der Waals surface area contributed by atoms with E-state index in [-0.39, 0.29) is 18.3 Å². The first-order valence-electron chi connectivity index (χ1n) is 9.85. The summed E-state index contributed by atoms with van der Waals surface area (Å²) < 4.78 is 0. The predicted octanol–water partition coefficient (Wildman–Crippen LogP) is 3.38. The quantitative estimate of drug-likeness (QED) is 0.390. The summed E-state index contributed by atoms with van der Waals surface area (Å²) in [5.41, 5.74) is 0. The Bertz CT molecular complexity index is 535. The van der Waals surface area contributed by atoms with Crippen molar-refractivity contribution in [2.24, 2.45) is 11.8 Å². The Morgan fingerprint density at radius 2 is 1.81 bits per heavy atom. The van der Waals surface area contributed by atoms with Gasteiger partial charge in [-0.3, -0.25) is 4.79 Å². The molecule has 0 aromatic carbocycles. The molecule has 152 valence electrons. The fourth-order valence-electron chi connectivity index (χ4n) is 3.29. The van der Waals surface area contributed by atoms with Crippen molar-refractivity contribution in [3.05, 3.63) is 48.6 Å². The molecule has 0 heterocycles. The molecule has 0 aliphatic heterocycles. The summed E-state index contributed by atoms with van der Waals surface area (Å²) in [7, 11) is 0. The van der Waals surface area contributed by atoms with Crippen molar-refractivity contribution < 1.29 is 25.2 Å². The molecule has 0 aromatic rings. The van der Waals surface area contributed by atoms with Gasteiger partial charge < -0.3 is 20.4 Å². The Labute approximate surface area is 162 Å². The molecule has 0 aromatic heterocycles. The van der Waals surface area contributed by atoms with Gasteiger partial charge in [-0.15, -0.1) is 0 Å². The van der Waals surface area contributed by atoms with Gasteiger partial charge in [0.15, 0.2) is 0 Å². The lowest BCUT2D eigenvalue weighted by molar-refractivity contribution is -0.136. The van der Waals surface area contributed by atoms with Crippen LogP contribution < -0.4 is 0 Å². The molecule has 4 N–H and O–H groups in total. The van der Waals surface area contributed by atoms with Crippen molar-refractivity contribution in [3.8, 4) is 0 Å². The van der Waals surface area contributed by atoms with E-state index >= 15 is 0 Å². The third-order valence-corrected chi connectivity index (χ3v) is 4.79. The maximum absolute atomic E-state index is 10.4. The van der Waals surface area contributed by atoms with E-state index in [0.29, 0.717) is 25.7 Å². The molecular weight excluding hydrogens is 344 g/mol. The third kappa shape index (κ3) is 9.70. The van der Waals surface area contributed by atoms with Gasteiger partial charge in [-0.05, 0) is 38.0 Å². The number of aliphatic hydroxyl groups is 3. The van der Waals surface area contributed by atoms with Crippen molar-refractivity contribution in [1.82, 2.24) is 0 Å². The van der Waals surface area contributed by atoms with E-state index < -0.39 is 24.3 Å². The van der Waals surface area contributed by atoms with Crippen molar-refractivity contribution >= 4 is 5.97 Å². The molecule has 27 heavy (non-hydrogen) atoms. The van der Waals surface area contributed by atoms with Gasteiger partial charge in [-0.2, -0.15) is 0 Å². The fourth-order valence-corrected chi connectivity index (χ4v) is 3.29. The van der Waals surface area contributed by atoms with E-state index in [0.717, 1.165) is 12.8 Å². The predicted molar refractivity (Wildman–Crippen MR) is 107 cm³/mol. The smallest absolute Gasteiger partial charge is 0.303 e. The van der Waals surface area contributed by atoms with E-state index in [1.807, 2.05) is 30.4 Å². The van der Waals surface area contributed by atoms with E-state index in [9.17, 15) is 20.1 Å². The summed E-state index contributed by atoms with van der Waals surface area (Å²) in [5.74, 6) is -0.955. The van der Waals surface area contributed by atoms with E-state index in [4.69, 9.17) is 5.11 Å². The number of aliphatic hydroxyl groups excluding tert-OH is 3. The third-order valence-electron chi connectivity index (χ3n) is 4.79. The number of carboxylic acid groups (broad SMARTS) is 1. The van der Waals surface area contributed by atoms with Gasteiger partial charge in [0.25, 0.3) is 0 Å². The zero-order valence-corrected chi connectivity index (χ0v) is 16.2. The first kappa shape index (κ1) is 23.3. The number of aliphatic carboxylic acids is 1. The average Bonchev–Trinajstić information content (AvgIpc) is 2.88. The van der Waals surface area contributed by atoms with Gasteiger partial charge in [0.1, 0.15) is 0 Å². The average molecular weight is 379 g/mol. The van der Waals surface area contributed by atoms with Gasteiger partial charge in [0, 0.05) is 18.8 Å². The lowest BCUT2D eigenvalue weighted by Crippen LogP contribution is -2.20. The van der Waals surface area contributed by atoms with E-state index in [2.05, 4.69) is 19.1 Å². The Balaban J connectivity index is 2.39. The molecule has 0 saturated heterocycles. The number of rotatable bonds is 12. The van der Waals surface area contributed by atoms with Crippen LogP contribution >= 0.6 is 0 Å². The van der Waals surface area contributed by atoms with Crippen LogP contribution in [0.1, 0.15) is 51.9 Å². The minimum atomic E-state index is -0.798. The second-order valence-corrected chi connectivity index (χ2v) is 7.03. The zero-order valence-electron chi connectivity index (χ0n) is 16.2. The first-order valence-corrected chi connectivity index (χ1v) is 9.85. The number of carbonyl (C=O) groups is 1. The molecular formula is C22H34O5. The van der Waals surface area contributed by atoms with Gasteiger partial charge in [-0.25, -0.2) is 0 Å². The summed E-state index contributed by atoms with van der Waals surface area (Å²) in [6.45, 7) is 2.06. The minimum absolute atomic E-state index is 0.0160. The highest BCUT2D eigenvalue weighted by molar-refractivity contribution is 5.66. The molecule has 0 unspecified atom stereocenters. The van der Waals surface area contributed by atoms with Crippen LogP contribution in [0.4, 0.5) is 0 Å². The van der Waals surface area contributed by atoms with E-state index in [1.165, 1.54) is 0 Å². The highest BCUT2D eigenvalue weighted by Gasteiger charge is 2.39. The van der Waals surface area contributed by atoms with Crippen LogP contribution in [0.15, 0.2) is 48.6 Å². The standard InChI is InChI=1S/C22H34O5/c1-2-3-8-12-18-19(21(25)16-20(18)24)15-14-17(23)11-9-6-4-5-7-10-13-22(26)27/h3,5-9,14-15,17-21,23-25H,2,4,10-13,16H2,1H3,(H,26,27)/b7-5-,8-3-,9-6-,15-14+/t17-,18+,19+,20+,21-/m1/s1. The number of allylic oxidation sites excluding steroid dienone is 5. The van der Waals surface area contributed by atoms with Gasteiger partial charge in [-0.1, -0.05) is 55.5 Å². The largest absolute Gasteiger partial charge is 0.481 e. The van der Waals surface area contributed by atoms with Crippen LogP contribution in [0.5, 0.6) is 0 Å². The Kier molecular flexibility index (Phi) is 11.7. The summed E-state index contributed by atoms with van der Waals surface area (Å²) in [6.07, 6.45) is 17.4. The zero-order chi connectivity index (χ0) is 20.1. The molecule has 5 heteroatoms. The van der Waals surface area contributed by atoms with Crippen LogP contribution in [0, 0.1) is 11.8 Å². The minimum Gasteiger partial charge on any atom is -0.481 e.